The Labute approximate surface area is 140 Å². The van der Waals surface area contributed by atoms with Crippen LogP contribution in [-0.4, -0.2) is 23.5 Å². The molecule has 0 aliphatic carbocycles. The zero-order chi connectivity index (χ0) is 18.6. The lowest BCUT2D eigenvalue weighted by Crippen LogP contribution is -2.20. The summed E-state index contributed by atoms with van der Waals surface area (Å²) in [5.74, 6) is -0.0766. The Bertz CT molecular complexity index is 932. The van der Waals surface area contributed by atoms with Crippen molar-refractivity contribution >= 4 is 33.0 Å². The number of nitrogens with zero attached hydrogens (tertiary/aromatic N) is 3. The van der Waals surface area contributed by atoms with Crippen molar-refractivity contribution in [2.24, 2.45) is 0 Å². The topological polar surface area (TPSA) is 195 Å². The highest BCUT2D eigenvalue weighted by molar-refractivity contribution is 7.92. The van der Waals surface area contributed by atoms with Crippen molar-refractivity contribution in [3.8, 4) is 0 Å². The monoisotopic (exact) mass is 369 g/mol. The van der Waals surface area contributed by atoms with Crippen LogP contribution in [0.4, 0.5) is 23.0 Å². The molecular formula is C11H11N7O6S. The van der Waals surface area contributed by atoms with E-state index >= 15 is 0 Å². The molecule has 0 fully saturated rings. The molecule has 25 heavy (non-hydrogen) atoms. The number of para-hydroxylation sites is 1. The fourth-order valence-electron chi connectivity index (χ4n) is 1.85. The second-order valence-corrected chi connectivity index (χ2v) is 6.12. The third-order valence-corrected chi connectivity index (χ3v) is 4.14. The minimum atomic E-state index is -4.36. The molecule has 0 radical (unpaired) electrons. The number of aromatic nitrogens is 1. The maximum atomic E-state index is 12.5. The van der Waals surface area contributed by atoms with Crippen LogP contribution < -0.4 is 21.3 Å². The molecule has 2 aromatic rings. The van der Waals surface area contributed by atoms with Crippen LogP contribution in [0, 0.1) is 20.2 Å². The van der Waals surface area contributed by atoms with Crippen LogP contribution in [0.15, 0.2) is 41.3 Å². The van der Waals surface area contributed by atoms with E-state index in [4.69, 9.17) is 5.73 Å². The maximum absolute atomic E-state index is 12.5. The highest BCUT2D eigenvalue weighted by Gasteiger charge is 2.25. The Hall–Kier alpha value is -3.68. The van der Waals surface area contributed by atoms with Crippen LogP contribution in [0.1, 0.15) is 0 Å². The molecule has 0 saturated heterocycles. The van der Waals surface area contributed by atoms with Crippen molar-refractivity contribution in [2.45, 2.75) is 4.90 Å². The van der Waals surface area contributed by atoms with Gasteiger partial charge in [0.25, 0.3) is 10.0 Å². The van der Waals surface area contributed by atoms with Gasteiger partial charge in [0.05, 0.1) is 0 Å². The SMILES string of the molecule is Nc1cccc(NS(=O)(=O)c2cccc(N[N+](=O)[O-])c2N[N+](=O)[O-])n1. The fraction of sp³-hybridized carbons (Fsp3) is 0. The average molecular weight is 369 g/mol. The van der Waals surface area contributed by atoms with E-state index in [0.29, 0.717) is 0 Å². The van der Waals surface area contributed by atoms with E-state index in [1.807, 2.05) is 0 Å². The number of pyridine rings is 1. The number of benzene rings is 1. The number of sulfonamides is 1. The Kier molecular flexibility index (Phi) is 4.83. The van der Waals surface area contributed by atoms with E-state index in [-0.39, 0.29) is 11.6 Å². The number of hydrazine groups is 2. The Morgan fingerprint density at radius 3 is 2.24 bits per heavy atom. The van der Waals surface area contributed by atoms with Gasteiger partial charge in [0.2, 0.25) is 0 Å². The molecule has 0 amide bonds. The third-order valence-electron chi connectivity index (χ3n) is 2.74. The van der Waals surface area contributed by atoms with Crippen LogP contribution in [0.3, 0.4) is 0 Å². The summed E-state index contributed by atoms with van der Waals surface area (Å²) in [5, 5.41) is 19.3. The summed E-state index contributed by atoms with van der Waals surface area (Å²) in [6, 6.07) is 7.50. The second-order valence-electron chi connectivity index (χ2n) is 4.47. The molecule has 13 nitrogen and oxygen atoms in total. The van der Waals surface area contributed by atoms with E-state index in [2.05, 4.69) is 9.71 Å². The number of hydrogen-bond acceptors (Lipinski definition) is 8. The van der Waals surface area contributed by atoms with Gasteiger partial charge >= 0.3 is 0 Å². The fourth-order valence-corrected chi connectivity index (χ4v) is 3.04. The number of rotatable bonds is 7. The molecule has 0 aliphatic rings. The first kappa shape index (κ1) is 17.7. The number of nitrogens with two attached hydrogens (primary N) is 1. The summed E-state index contributed by atoms with van der Waals surface area (Å²) in [5.41, 5.74) is 7.77. The third kappa shape index (κ3) is 4.41. The second kappa shape index (κ2) is 6.83. The minimum Gasteiger partial charge on any atom is -0.384 e. The predicted octanol–water partition coefficient (Wildman–Crippen LogP) is 0.672. The van der Waals surface area contributed by atoms with Gasteiger partial charge in [-0.25, -0.2) is 33.6 Å². The van der Waals surface area contributed by atoms with Gasteiger partial charge in [-0.05, 0) is 24.3 Å². The van der Waals surface area contributed by atoms with Crippen molar-refractivity contribution in [1.29, 1.82) is 0 Å². The van der Waals surface area contributed by atoms with E-state index in [1.54, 1.807) is 10.9 Å². The molecule has 0 bridgehead atoms. The summed E-state index contributed by atoms with van der Waals surface area (Å²) in [6.45, 7) is 0. The molecule has 0 spiro atoms. The molecule has 5 N–H and O–H groups in total. The number of nitrogens with one attached hydrogen (secondary N) is 3. The largest absolute Gasteiger partial charge is 0.384 e. The van der Waals surface area contributed by atoms with Crippen LogP contribution in [0.2, 0.25) is 0 Å². The molecule has 1 aromatic heterocycles. The summed E-state index contributed by atoms with van der Waals surface area (Å²) in [7, 11) is -4.36. The molecule has 14 heteroatoms. The standard InChI is InChI=1S/C11H11N7O6S/c12-9-5-2-6-10(13-9)16-25(23,24)8-4-1-3-7(14-17(19)20)11(8)15-18(21)22/h1-6,14-15H,(H3,12,13,16). The lowest BCUT2D eigenvalue weighted by atomic mass is 10.3. The number of anilines is 4. The number of nitro groups is 2. The first-order valence-electron chi connectivity index (χ1n) is 6.39. The van der Waals surface area contributed by atoms with Gasteiger partial charge < -0.3 is 5.73 Å². The van der Waals surface area contributed by atoms with Gasteiger partial charge in [0, 0.05) is 0 Å². The summed E-state index contributed by atoms with van der Waals surface area (Å²) >= 11 is 0. The van der Waals surface area contributed by atoms with Gasteiger partial charge in [-0.15, -0.1) is 10.9 Å². The van der Waals surface area contributed by atoms with E-state index in [9.17, 15) is 28.6 Å². The Morgan fingerprint density at radius 1 is 1.00 bits per heavy atom. The smallest absolute Gasteiger partial charge is 0.265 e. The van der Waals surface area contributed by atoms with E-state index < -0.39 is 36.4 Å². The molecule has 1 aromatic carbocycles. The summed E-state index contributed by atoms with van der Waals surface area (Å²) < 4.78 is 27.1. The van der Waals surface area contributed by atoms with Gasteiger partial charge in [-0.1, -0.05) is 12.1 Å². The van der Waals surface area contributed by atoms with Gasteiger partial charge in [-0.2, -0.15) is 0 Å². The minimum absolute atomic E-state index is 0.0487. The molecule has 132 valence electrons. The Morgan fingerprint density at radius 2 is 1.64 bits per heavy atom. The maximum Gasteiger partial charge on any atom is 0.265 e. The zero-order valence-corrected chi connectivity index (χ0v) is 13.1. The van der Waals surface area contributed by atoms with E-state index in [0.717, 1.165) is 12.1 Å². The predicted molar refractivity (Wildman–Crippen MR) is 87.1 cm³/mol. The van der Waals surface area contributed by atoms with Gasteiger partial charge in [0.1, 0.15) is 22.2 Å². The van der Waals surface area contributed by atoms with Crippen LogP contribution >= 0.6 is 0 Å². The quantitative estimate of drug-likeness (QED) is 0.397. The lowest BCUT2D eigenvalue weighted by molar-refractivity contribution is -0.449. The van der Waals surface area contributed by atoms with Crippen molar-refractivity contribution in [3.05, 3.63) is 56.6 Å². The highest BCUT2D eigenvalue weighted by atomic mass is 32.2. The molecule has 0 unspecified atom stereocenters. The zero-order valence-electron chi connectivity index (χ0n) is 12.2. The Balaban J connectivity index is 2.51. The highest BCUT2D eigenvalue weighted by Crippen LogP contribution is 2.31. The average Bonchev–Trinajstić information content (AvgIpc) is 2.47. The lowest BCUT2D eigenvalue weighted by Gasteiger charge is -2.12. The molecule has 0 atom stereocenters. The van der Waals surface area contributed by atoms with Crippen LogP contribution in [0.25, 0.3) is 0 Å². The number of nitrogen functional groups attached to an aromatic ring is 1. The van der Waals surface area contributed by atoms with Crippen LogP contribution in [-0.2, 0) is 10.0 Å². The number of hydrogen-bond donors (Lipinski definition) is 4. The first-order valence-corrected chi connectivity index (χ1v) is 7.88. The van der Waals surface area contributed by atoms with E-state index in [1.165, 1.54) is 24.3 Å². The van der Waals surface area contributed by atoms with Crippen molar-refractivity contribution in [2.75, 3.05) is 21.3 Å². The summed E-state index contributed by atoms with van der Waals surface area (Å²) in [4.78, 5) is 24.5. The van der Waals surface area contributed by atoms with Gasteiger partial charge in [-0.3, -0.25) is 4.72 Å². The van der Waals surface area contributed by atoms with Crippen molar-refractivity contribution < 1.29 is 18.5 Å². The normalized spacial score (nSPS) is 10.7. The van der Waals surface area contributed by atoms with Gasteiger partial charge in [0.15, 0.2) is 15.8 Å². The summed E-state index contributed by atoms with van der Waals surface area (Å²) in [6.07, 6.45) is 0. The van der Waals surface area contributed by atoms with Crippen molar-refractivity contribution in [3.63, 3.8) is 0 Å². The molecule has 0 aliphatic heterocycles. The van der Waals surface area contributed by atoms with Crippen LogP contribution in [0.5, 0.6) is 0 Å². The molecule has 1 heterocycles. The van der Waals surface area contributed by atoms with Crippen molar-refractivity contribution in [1.82, 2.24) is 4.98 Å². The molecule has 2 rings (SSSR count). The first-order chi connectivity index (χ1) is 11.7. The molecular weight excluding hydrogens is 358 g/mol. The molecule has 0 saturated carbocycles.